The maximum absolute atomic E-state index is 14.8. The van der Waals surface area contributed by atoms with Gasteiger partial charge in [-0.05, 0) is 139 Å². The highest BCUT2D eigenvalue weighted by molar-refractivity contribution is 6.00. The normalized spacial score (nSPS) is 18.9. The van der Waals surface area contributed by atoms with Crippen molar-refractivity contribution in [3.05, 3.63) is 54.2 Å². The minimum Gasteiger partial charge on any atom is -0.480 e. The van der Waals surface area contributed by atoms with E-state index in [0.717, 1.165) is 16.5 Å². The molecule has 0 bridgehead atoms. The lowest BCUT2D eigenvalue weighted by molar-refractivity contribution is -0.146. The maximum atomic E-state index is 14.8. The van der Waals surface area contributed by atoms with Crippen LogP contribution in [-0.4, -0.2) is 234 Å². The number of likely N-dealkylation sites (tertiary alicyclic amines) is 3. The van der Waals surface area contributed by atoms with E-state index in [2.05, 4.69) is 57.5 Å². The Morgan fingerprint density at radius 3 is 1.44 bits per heavy atom. The summed E-state index contributed by atoms with van der Waals surface area (Å²) in [6.07, 6.45) is 8.24. The number of carboxylic acids is 1. The first-order chi connectivity index (χ1) is 47.2. The van der Waals surface area contributed by atoms with Crippen molar-refractivity contribution in [1.82, 2.24) is 72.2 Å². The zero-order valence-corrected chi connectivity index (χ0v) is 57.7. The maximum Gasteiger partial charge on any atom is 0.326 e. The van der Waals surface area contributed by atoms with E-state index in [1.54, 1.807) is 33.9 Å². The van der Waals surface area contributed by atoms with Crippen molar-refractivity contribution in [3.63, 3.8) is 0 Å². The number of carbonyl (C=O) groups excluding carboxylic acids is 11. The van der Waals surface area contributed by atoms with Gasteiger partial charge in [0, 0.05) is 55.0 Å². The van der Waals surface area contributed by atoms with Gasteiger partial charge in [0.2, 0.25) is 65.0 Å². The summed E-state index contributed by atoms with van der Waals surface area (Å²) in [4.78, 5) is 182. The number of imidazole rings is 1. The highest BCUT2D eigenvalue weighted by Gasteiger charge is 2.44. The number of rotatable bonds is 39. The molecule has 19 N–H and O–H groups in total. The van der Waals surface area contributed by atoms with Gasteiger partial charge in [0.25, 0.3) is 0 Å². The first kappa shape index (κ1) is 79.4. The van der Waals surface area contributed by atoms with Crippen molar-refractivity contribution >= 4 is 81.9 Å². The molecule has 3 aliphatic rings. The van der Waals surface area contributed by atoms with Gasteiger partial charge in [0.1, 0.15) is 66.5 Å². The highest BCUT2D eigenvalue weighted by atomic mass is 16.4. The number of benzene rings is 1. The standard InChI is InChI=1S/C67H105N17O15/c1-37(2)28-47(59(90)80-51(35-86)66(97)84-27-15-22-54(84)63(94)81-55(39(5)6)67(98)99)77-62(93)53-21-13-25-82(53)64(95)49(29-38(3)4)78-57(88)46(19-10-12-24-69)75-61(92)52-20-14-26-83(52)65(96)50(34-85)79-58(89)45(18-9-11-23-68)74-60(91)48(31-41-33-71-36-73-41)76-56(87)43(70)30-40-32-72-44-17-8-7-16-42(40)44/h7-8,16-17,32-33,36-39,43,45-55,72,85-86H,9-15,18-31,34-35,68-70H2,1-6H3,(H,71,73)(H,74,91)(H,75,92)(H,76,87)(H,77,93)(H,78,88)(H,79,89)(H,80,90)(H,81,94)(H,98,99)/t43-,45-,46-,47-,48-,49-,50-,51-,52-,53-,54-,55-/m0/s1. The highest BCUT2D eigenvalue weighted by Crippen LogP contribution is 2.25. The second kappa shape index (κ2) is 38.7. The summed E-state index contributed by atoms with van der Waals surface area (Å²) in [5.74, 6) is -10.2. The number of amides is 11. The summed E-state index contributed by atoms with van der Waals surface area (Å²) in [6, 6.07) is -7.61. The summed E-state index contributed by atoms with van der Waals surface area (Å²) in [5, 5.41) is 53.2. The summed E-state index contributed by atoms with van der Waals surface area (Å²) in [6.45, 7) is 9.49. The van der Waals surface area contributed by atoms with Crippen LogP contribution in [0.2, 0.25) is 0 Å². The summed E-state index contributed by atoms with van der Waals surface area (Å²) >= 11 is 0. The molecule has 32 nitrogen and oxygen atoms in total. The third-order valence-corrected chi connectivity index (χ3v) is 18.2. The number of nitrogens with one attached hydrogen (secondary N) is 10. The van der Waals surface area contributed by atoms with Crippen molar-refractivity contribution < 1.29 is 72.9 Å². The molecule has 1 aromatic carbocycles. The van der Waals surface area contributed by atoms with Gasteiger partial charge in [-0.25, -0.2) is 9.78 Å². The number of aromatic amines is 2. The van der Waals surface area contributed by atoms with Crippen LogP contribution in [0, 0.1) is 17.8 Å². The van der Waals surface area contributed by atoms with Crippen molar-refractivity contribution in [1.29, 1.82) is 0 Å². The first-order valence-electron chi connectivity index (χ1n) is 34.7. The summed E-state index contributed by atoms with van der Waals surface area (Å²) in [7, 11) is 0. The van der Waals surface area contributed by atoms with E-state index in [1.165, 1.54) is 27.2 Å². The Morgan fingerprint density at radius 2 is 0.970 bits per heavy atom. The van der Waals surface area contributed by atoms with E-state index in [1.807, 2.05) is 38.1 Å². The van der Waals surface area contributed by atoms with Gasteiger partial charge in [-0.3, -0.25) is 52.7 Å². The number of aliphatic hydroxyl groups is 2. The Kier molecular flexibility index (Phi) is 31.0. The number of para-hydroxylation sites is 1. The Labute approximate surface area is 576 Å². The fourth-order valence-corrected chi connectivity index (χ4v) is 12.9. The molecule has 3 aliphatic heterocycles. The van der Waals surface area contributed by atoms with Crippen molar-refractivity contribution in [2.24, 2.45) is 35.0 Å². The fraction of sp³-hybridized carbons (Fsp3) is 0.657. The van der Waals surface area contributed by atoms with Crippen molar-refractivity contribution in [2.45, 2.75) is 217 Å². The zero-order chi connectivity index (χ0) is 72.6. The Bertz CT molecular complexity index is 3240. The molecule has 3 fully saturated rings. The minimum absolute atomic E-state index is 0.0287. The lowest BCUT2D eigenvalue weighted by Crippen LogP contribution is -2.61. The zero-order valence-electron chi connectivity index (χ0n) is 57.7. The third-order valence-electron chi connectivity index (χ3n) is 18.2. The van der Waals surface area contributed by atoms with Crippen LogP contribution in [0.4, 0.5) is 0 Å². The van der Waals surface area contributed by atoms with Crippen LogP contribution in [0.1, 0.15) is 143 Å². The Hall–Kier alpha value is -8.59. The van der Waals surface area contributed by atoms with Gasteiger partial charge < -0.3 is 99.7 Å². The van der Waals surface area contributed by atoms with Gasteiger partial charge in [0.05, 0.1) is 25.6 Å². The Balaban J connectivity index is 1.11. The molecule has 0 aliphatic carbocycles. The number of hydrogen-bond acceptors (Lipinski definition) is 18. The largest absolute Gasteiger partial charge is 0.480 e. The van der Waals surface area contributed by atoms with Crippen molar-refractivity contribution in [2.75, 3.05) is 45.9 Å². The lowest BCUT2D eigenvalue weighted by atomic mass is 10.00. The Morgan fingerprint density at radius 1 is 0.535 bits per heavy atom. The summed E-state index contributed by atoms with van der Waals surface area (Å²) in [5.41, 5.74) is 20.2. The number of unbranched alkanes of at least 4 members (excludes halogenated alkanes) is 2. The van der Waals surface area contributed by atoms with E-state index in [-0.39, 0.29) is 102 Å². The van der Waals surface area contributed by atoms with Crippen LogP contribution in [0.25, 0.3) is 10.9 Å². The van der Waals surface area contributed by atoms with Crippen LogP contribution in [0.3, 0.4) is 0 Å². The number of H-pyrrole nitrogens is 2. The molecule has 32 heteroatoms. The number of fused-ring (bicyclic) bond motifs is 1. The number of carboxylic acid groups (broad SMARTS) is 1. The average molecular weight is 1390 g/mol. The molecule has 0 saturated carbocycles. The molecular weight excluding hydrogens is 1280 g/mol. The van der Waals surface area contributed by atoms with E-state index < -0.39 is 163 Å². The number of aliphatic hydroxyl groups excluding tert-OH is 2. The van der Waals surface area contributed by atoms with Crippen LogP contribution in [0.5, 0.6) is 0 Å². The molecule has 11 amide bonds. The van der Waals surface area contributed by atoms with Crippen LogP contribution in [-0.2, 0) is 70.4 Å². The molecular formula is C67H105N17O15. The van der Waals surface area contributed by atoms with E-state index in [0.29, 0.717) is 50.6 Å². The molecule has 2 aromatic heterocycles. The van der Waals surface area contributed by atoms with Crippen LogP contribution in [0.15, 0.2) is 43.0 Å². The number of carbonyl (C=O) groups is 12. The van der Waals surface area contributed by atoms with Gasteiger partial charge in [-0.15, -0.1) is 0 Å². The van der Waals surface area contributed by atoms with Crippen LogP contribution < -0.4 is 59.7 Å². The van der Waals surface area contributed by atoms with Gasteiger partial charge in [-0.2, -0.15) is 0 Å². The van der Waals surface area contributed by atoms with E-state index >= 15 is 0 Å². The SMILES string of the molecule is CC(C)C[C@H](NC(=O)[C@@H]1CCCN1C(=O)[C@H](CC(C)C)NC(=O)[C@H](CCCCN)NC(=O)[C@@H]1CCCN1C(=O)[C@H](CO)NC(=O)[C@H](CCCCN)NC(=O)[C@H](Cc1cnc[nH]1)NC(=O)[C@@H](N)Cc1c[nH]c2ccccc12)C(=O)N[C@@H](CO)C(=O)N1CCC[C@H]1C(=O)N[C@H](C(=O)O)C(C)C. The van der Waals surface area contributed by atoms with E-state index in [9.17, 15) is 72.9 Å². The second-order valence-electron chi connectivity index (χ2n) is 27.2. The van der Waals surface area contributed by atoms with Gasteiger partial charge in [0.15, 0.2) is 0 Å². The first-order valence-corrected chi connectivity index (χ1v) is 34.7. The molecule has 0 spiro atoms. The lowest BCUT2D eigenvalue weighted by Gasteiger charge is -2.32. The molecule has 0 unspecified atom stereocenters. The topological polar surface area (TPSA) is 494 Å². The molecule has 3 saturated heterocycles. The number of hydrogen-bond donors (Lipinski definition) is 16. The van der Waals surface area contributed by atoms with E-state index in [4.69, 9.17) is 17.2 Å². The average Bonchev–Trinajstić information content (AvgIpc) is 1.79. The smallest absolute Gasteiger partial charge is 0.326 e. The number of nitrogens with zero attached hydrogens (tertiary/aromatic N) is 4. The number of aromatic nitrogens is 3. The van der Waals surface area contributed by atoms with Gasteiger partial charge >= 0.3 is 5.97 Å². The van der Waals surface area contributed by atoms with Crippen LogP contribution >= 0.6 is 0 Å². The number of aliphatic carboxylic acids is 1. The fourth-order valence-electron chi connectivity index (χ4n) is 12.9. The molecule has 0 radical (unpaired) electrons. The molecule has 12 atom stereocenters. The molecule has 3 aromatic rings. The summed E-state index contributed by atoms with van der Waals surface area (Å²) < 4.78 is 0. The van der Waals surface area contributed by atoms with Crippen molar-refractivity contribution in [3.8, 4) is 0 Å². The monoisotopic (exact) mass is 1390 g/mol. The second-order valence-corrected chi connectivity index (χ2v) is 27.2. The molecule has 6 rings (SSSR count). The predicted octanol–water partition coefficient (Wildman–Crippen LogP) is -2.07. The molecule has 548 valence electrons. The molecule has 5 heterocycles. The predicted molar refractivity (Wildman–Crippen MR) is 363 cm³/mol. The quantitative estimate of drug-likeness (QED) is 0.0273. The molecule has 99 heavy (non-hydrogen) atoms. The number of nitrogens with two attached hydrogens (primary N) is 3. The van der Waals surface area contributed by atoms with Gasteiger partial charge in [-0.1, -0.05) is 59.7 Å². The minimum atomic E-state index is -1.61. The third kappa shape index (κ3) is 22.5.